The van der Waals surface area contributed by atoms with Crippen LogP contribution in [0.5, 0.6) is 0 Å². The molecule has 0 saturated heterocycles. The Balaban J connectivity index is 0.000000511. The van der Waals surface area contributed by atoms with E-state index in [1.165, 1.54) is 50.1 Å². The second-order valence-electron chi connectivity index (χ2n) is 7.45. The molecule has 0 spiro atoms. The first-order chi connectivity index (χ1) is 12.9. The molecule has 0 N–H and O–H groups in total. The molecule has 0 unspecified atom stereocenters. The molecule has 0 nitrogen and oxygen atoms in total. The summed E-state index contributed by atoms with van der Waals surface area (Å²) in [6.07, 6.45) is 0. The number of benzene rings is 2. The first-order valence-corrected chi connectivity index (χ1v) is 9.54. The van der Waals surface area contributed by atoms with Gasteiger partial charge < -0.3 is 24.8 Å². The summed E-state index contributed by atoms with van der Waals surface area (Å²) in [5.74, 6) is 0. The molecule has 0 aliphatic heterocycles. The fourth-order valence-electron chi connectivity index (χ4n) is 3.18. The van der Waals surface area contributed by atoms with Gasteiger partial charge in [0, 0.05) is 0 Å². The quantitative estimate of drug-likeness (QED) is 0.243. The molecule has 3 heteroatoms. The number of halogens is 2. The first-order valence-electron chi connectivity index (χ1n) is 9.54. The van der Waals surface area contributed by atoms with Gasteiger partial charge in [0.05, 0.1) is 0 Å². The van der Waals surface area contributed by atoms with Gasteiger partial charge in [0.15, 0.2) is 0 Å². The van der Waals surface area contributed by atoms with Gasteiger partial charge in [-0.3, -0.25) is 0 Å². The summed E-state index contributed by atoms with van der Waals surface area (Å²) in [6, 6.07) is 28.2. The summed E-state index contributed by atoms with van der Waals surface area (Å²) in [5.41, 5.74) is 12.1. The average Bonchev–Trinajstić information content (AvgIpc) is 3.19. The minimum absolute atomic E-state index is 0. The Hall–Kier alpha value is -1.41. The summed E-state index contributed by atoms with van der Waals surface area (Å²) in [4.78, 5) is 0. The van der Waals surface area contributed by atoms with E-state index in [2.05, 4.69) is 107 Å². The summed E-state index contributed by atoms with van der Waals surface area (Å²) in [5, 5.41) is 0. The molecule has 0 aliphatic rings. The maximum Gasteiger partial charge on any atom is 4.00 e. The van der Waals surface area contributed by atoms with E-state index in [9.17, 15) is 0 Å². The van der Waals surface area contributed by atoms with E-state index in [1.54, 1.807) is 0 Å². The molecule has 0 heterocycles. The van der Waals surface area contributed by atoms with Crippen LogP contribution in [0.15, 0.2) is 78.9 Å². The predicted octanol–water partition coefficient (Wildman–Crippen LogP) is 1.69. The third-order valence-corrected chi connectivity index (χ3v) is 5.22. The molecule has 4 aromatic rings. The van der Waals surface area contributed by atoms with E-state index in [0.29, 0.717) is 0 Å². The number of hydrogen-bond acceptors (Lipinski definition) is 0. The van der Waals surface area contributed by atoms with Crippen LogP contribution in [0.4, 0.5) is 0 Å². The van der Waals surface area contributed by atoms with Crippen molar-refractivity contribution >= 4 is 0 Å². The second-order valence-corrected chi connectivity index (χ2v) is 7.45. The smallest absolute Gasteiger partial charge is 1.00 e. The van der Waals surface area contributed by atoms with E-state index < -0.39 is 0 Å². The van der Waals surface area contributed by atoms with Crippen LogP contribution in [0.25, 0.3) is 22.3 Å². The molecule has 0 atom stereocenters. The minimum atomic E-state index is 0. The van der Waals surface area contributed by atoms with E-state index in [4.69, 9.17) is 0 Å². The molecule has 4 aromatic carbocycles. The van der Waals surface area contributed by atoms with Gasteiger partial charge in [-0.2, -0.15) is 0 Å². The fraction of sp³-hybridized carbons (Fsp3) is 0.185. The van der Waals surface area contributed by atoms with E-state index in [0.717, 1.165) is 0 Å². The Bertz CT molecular complexity index is 970. The van der Waals surface area contributed by atoms with Gasteiger partial charge >= 0.3 is 25.8 Å². The molecule has 0 aromatic heterocycles. The zero-order chi connectivity index (χ0) is 19.4. The zero-order valence-corrected chi connectivity index (χ0v) is 23.4. The molecule has 30 heavy (non-hydrogen) atoms. The Labute approximate surface area is 213 Å². The van der Waals surface area contributed by atoms with Crippen LogP contribution in [-0.2, 0) is 25.8 Å². The summed E-state index contributed by atoms with van der Waals surface area (Å²) in [7, 11) is 0. The molecule has 0 radical (unpaired) electrons. The second kappa shape index (κ2) is 13.1. The van der Waals surface area contributed by atoms with Crippen LogP contribution < -0.4 is 24.8 Å². The Kier molecular flexibility index (Phi) is 12.5. The molecular formula is C27H28Cl2Hf. The normalized spacial score (nSPS) is 9.37. The Morgan fingerprint density at radius 3 is 1.17 bits per heavy atom. The molecule has 0 aliphatic carbocycles. The Morgan fingerprint density at radius 1 is 0.467 bits per heavy atom. The molecule has 0 amide bonds. The van der Waals surface area contributed by atoms with Crippen molar-refractivity contribution < 1.29 is 50.7 Å². The van der Waals surface area contributed by atoms with E-state index >= 15 is 0 Å². The molecule has 154 valence electrons. The maximum atomic E-state index is 2.25. The largest absolute Gasteiger partial charge is 4.00 e. The number of rotatable bonds is 2. The van der Waals surface area contributed by atoms with Gasteiger partial charge in [-0.1, -0.05) is 74.7 Å². The Morgan fingerprint density at radius 2 is 0.800 bits per heavy atom. The van der Waals surface area contributed by atoms with Gasteiger partial charge in [0.25, 0.3) is 0 Å². The van der Waals surface area contributed by atoms with Crippen LogP contribution in [-0.4, -0.2) is 0 Å². The van der Waals surface area contributed by atoms with Gasteiger partial charge in [-0.25, -0.2) is 0 Å². The van der Waals surface area contributed by atoms with E-state index in [1.807, 2.05) is 6.07 Å². The van der Waals surface area contributed by atoms with Crippen LogP contribution in [0.2, 0.25) is 0 Å². The average molecular weight is 602 g/mol. The van der Waals surface area contributed by atoms with Crippen molar-refractivity contribution in [1.29, 1.82) is 0 Å². The van der Waals surface area contributed by atoms with Crippen molar-refractivity contribution in [3.05, 3.63) is 107 Å². The third-order valence-electron chi connectivity index (χ3n) is 5.22. The molecule has 4 rings (SSSR count). The van der Waals surface area contributed by atoms with Crippen molar-refractivity contribution in [2.45, 2.75) is 34.6 Å². The minimum Gasteiger partial charge on any atom is -1.00 e. The van der Waals surface area contributed by atoms with Gasteiger partial charge in [-0.15, -0.1) is 81.9 Å². The van der Waals surface area contributed by atoms with Crippen molar-refractivity contribution in [2.75, 3.05) is 0 Å². The maximum absolute atomic E-state index is 2.25. The number of hydrogen-bond donors (Lipinski definition) is 0. The predicted molar refractivity (Wildman–Crippen MR) is 119 cm³/mol. The van der Waals surface area contributed by atoms with Crippen LogP contribution >= 0.6 is 0 Å². The monoisotopic (exact) mass is 602 g/mol. The molecule has 0 bridgehead atoms. The number of aryl methyl sites for hydroxylation is 5. The van der Waals surface area contributed by atoms with Gasteiger partial charge in [-0.05, 0) is 6.92 Å². The van der Waals surface area contributed by atoms with Crippen molar-refractivity contribution in [3.63, 3.8) is 0 Å². The van der Waals surface area contributed by atoms with Crippen molar-refractivity contribution in [3.8, 4) is 22.3 Å². The summed E-state index contributed by atoms with van der Waals surface area (Å²) < 4.78 is 0. The zero-order valence-electron chi connectivity index (χ0n) is 18.3. The third kappa shape index (κ3) is 7.38. The van der Waals surface area contributed by atoms with Crippen LogP contribution in [0, 0.1) is 34.6 Å². The summed E-state index contributed by atoms with van der Waals surface area (Å²) >= 11 is 0. The standard InChI is InChI=1S/C14H15.C13H13.2ClH.Hf/c1-10-4-6-13(7-5-10)14-8-11(2)12(3)9-14;1-10-8-13(9-11(10)2)12-6-4-3-5-7-12;;;/h4-9H,1-3H3;3-9H,1-2H3;2*1H;/q2*-1;;;+4/p-2. The molecular weight excluding hydrogens is 574 g/mol. The van der Waals surface area contributed by atoms with Crippen LogP contribution in [0.3, 0.4) is 0 Å². The SMILES string of the molecule is Cc1c[c-](-c2ccccc2)cc1C.Cc1ccc(-[c-]2cc(C)c(C)c2)cc1.[Cl-].[Cl-].[Hf+4]. The van der Waals surface area contributed by atoms with Crippen molar-refractivity contribution in [1.82, 2.24) is 0 Å². The summed E-state index contributed by atoms with van der Waals surface area (Å²) in [6.45, 7) is 10.7. The fourth-order valence-corrected chi connectivity index (χ4v) is 3.18. The molecule has 0 fully saturated rings. The topological polar surface area (TPSA) is 0 Å². The van der Waals surface area contributed by atoms with Gasteiger partial charge in [0.2, 0.25) is 0 Å². The van der Waals surface area contributed by atoms with E-state index in [-0.39, 0.29) is 50.7 Å². The first kappa shape index (κ1) is 28.6. The van der Waals surface area contributed by atoms with Crippen molar-refractivity contribution in [2.24, 2.45) is 0 Å². The van der Waals surface area contributed by atoms with Gasteiger partial charge in [0.1, 0.15) is 0 Å². The van der Waals surface area contributed by atoms with Crippen LogP contribution in [0.1, 0.15) is 27.8 Å². The molecule has 0 saturated carbocycles.